The van der Waals surface area contributed by atoms with Crippen LogP contribution in [0, 0.1) is 0 Å². The van der Waals surface area contributed by atoms with Crippen LogP contribution in [0.4, 0.5) is 0 Å². The molecule has 4 heteroatoms. The van der Waals surface area contributed by atoms with E-state index in [0.717, 1.165) is 0 Å². The fraction of sp³-hybridized carbons (Fsp3) is 0.333. The van der Waals surface area contributed by atoms with E-state index < -0.39 is 0 Å². The summed E-state index contributed by atoms with van der Waals surface area (Å²) in [6, 6.07) is 0. The molecule has 0 aromatic rings. The minimum atomic E-state index is 0.542. The molecular weight excluding hydrogens is 92.1 g/mol. The third kappa shape index (κ3) is 1.21. The standard InChI is InChI=1S/C3H4N4/c1-2-5-7-6-3-4-1/h1,3H,2H2. The van der Waals surface area contributed by atoms with Crippen molar-refractivity contribution in [2.45, 2.75) is 0 Å². The predicted octanol–water partition coefficient (Wildman–Crippen LogP) is 0.466. The van der Waals surface area contributed by atoms with Crippen molar-refractivity contribution in [2.75, 3.05) is 6.54 Å². The van der Waals surface area contributed by atoms with E-state index in [2.05, 4.69) is 20.4 Å². The van der Waals surface area contributed by atoms with Gasteiger partial charge in [-0.05, 0) is 5.22 Å². The van der Waals surface area contributed by atoms with Gasteiger partial charge in [-0.15, -0.1) is 5.10 Å². The molecule has 4 nitrogen and oxygen atoms in total. The zero-order valence-corrected chi connectivity index (χ0v) is 3.65. The van der Waals surface area contributed by atoms with Gasteiger partial charge in [0.25, 0.3) is 0 Å². The lowest BCUT2D eigenvalue weighted by Crippen LogP contribution is -1.74. The van der Waals surface area contributed by atoms with Crippen molar-refractivity contribution in [3.63, 3.8) is 0 Å². The molecule has 0 spiro atoms. The zero-order chi connectivity index (χ0) is 4.95. The number of hydrogen-bond donors (Lipinski definition) is 0. The van der Waals surface area contributed by atoms with Crippen molar-refractivity contribution in [3.8, 4) is 0 Å². The summed E-state index contributed by atoms with van der Waals surface area (Å²) in [6.45, 7) is 0.542. The van der Waals surface area contributed by atoms with Crippen molar-refractivity contribution in [1.29, 1.82) is 0 Å². The molecule has 0 radical (unpaired) electrons. The topological polar surface area (TPSA) is 49.4 Å². The van der Waals surface area contributed by atoms with E-state index in [-0.39, 0.29) is 0 Å². The molecular formula is C3H4N4. The first kappa shape index (κ1) is 4.11. The number of rotatable bonds is 0. The molecule has 1 rings (SSSR count). The Hall–Kier alpha value is -1.06. The molecule has 36 valence electrons. The molecule has 0 amide bonds. The summed E-state index contributed by atoms with van der Waals surface area (Å²) in [5, 5.41) is 10.3. The first-order chi connectivity index (χ1) is 3.50. The summed E-state index contributed by atoms with van der Waals surface area (Å²) in [6.07, 6.45) is 3.00. The van der Waals surface area contributed by atoms with Crippen LogP contribution in [0.2, 0.25) is 0 Å². The number of hydrogen-bond acceptors (Lipinski definition) is 4. The Labute approximate surface area is 40.7 Å². The Balaban J connectivity index is 2.60. The van der Waals surface area contributed by atoms with Gasteiger partial charge in [0, 0.05) is 6.21 Å². The van der Waals surface area contributed by atoms with Crippen LogP contribution in [0.5, 0.6) is 0 Å². The van der Waals surface area contributed by atoms with Crippen LogP contribution in [0.1, 0.15) is 0 Å². The molecule has 0 bridgehead atoms. The van der Waals surface area contributed by atoms with Crippen LogP contribution in [0.25, 0.3) is 0 Å². The molecule has 0 N–H and O–H groups in total. The largest absolute Gasteiger partial charge is 0.245 e. The van der Waals surface area contributed by atoms with Gasteiger partial charge >= 0.3 is 0 Å². The maximum atomic E-state index is 3.67. The van der Waals surface area contributed by atoms with Crippen molar-refractivity contribution < 1.29 is 0 Å². The van der Waals surface area contributed by atoms with E-state index in [1.807, 2.05) is 0 Å². The van der Waals surface area contributed by atoms with E-state index in [1.54, 1.807) is 6.21 Å². The third-order valence-electron chi connectivity index (χ3n) is 0.502. The Morgan fingerprint density at radius 3 is 3.43 bits per heavy atom. The molecule has 0 aromatic carbocycles. The fourth-order valence-electron chi connectivity index (χ4n) is 0.257. The van der Waals surface area contributed by atoms with Crippen LogP contribution in [0.3, 0.4) is 0 Å². The monoisotopic (exact) mass is 96.0 g/mol. The zero-order valence-electron chi connectivity index (χ0n) is 3.65. The van der Waals surface area contributed by atoms with Crippen molar-refractivity contribution in [3.05, 3.63) is 0 Å². The fourth-order valence-corrected chi connectivity index (χ4v) is 0.257. The van der Waals surface area contributed by atoms with Crippen molar-refractivity contribution in [2.24, 2.45) is 20.4 Å². The maximum absolute atomic E-state index is 3.67. The highest BCUT2D eigenvalue weighted by atomic mass is 15.4. The molecule has 1 aliphatic rings. The maximum Gasteiger partial charge on any atom is 0.139 e. The van der Waals surface area contributed by atoms with Gasteiger partial charge in [-0.2, -0.15) is 5.11 Å². The van der Waals surface area contributed by atoms with Crippen LogP contribution in [0.15, 0.2) is 20.4 Å². The average molecular weight is 96.1 g/mol. The highest BCUT2D eigenvalue weighted by molar-refractivity contribution is 5.73. The Kier molecular flexibility index (Phi) is 1.28. The van der Waals surface area contributed by atoms with Gasteiger partial charge in [0.1, 0.15) is 6.34 Å². The molecule has 0 aromatic heterocycles. The molecule has 0 fully saturated rings. The molecule has 0 unspecified atom stereocenters. The summed E-state index contributed by atoms with van der Waals surface area (Å²) in [5.41, 5.74) is 0. The highest BCUT2D eigenvalue weighted by Gasteiger charge is 1.73. The SMILES string of the molecule is C1=NC=NN=NC1. The summed E-state index contributed by atoms with van der Waals surface area (Å²) < 4.78 is 0. The minimum absolute atomic E-state index is 0.542. The second-order valence-corrected chi connectivity index (χ2v) is 0.976. The van der Waals surface area contributed by atoms with Crippen LogP contribution >= 0.6 is 0 Å². The van der Waals surface area contributed by atoms with Crippen molar-refractivity contribution in [1.82, 2.24) is 0 Å². The van der Waals surface area contributed by atoms with Gasteiger partial charge in [0.2, 0.25) is 0 Å². The van der Waals surface area contributed by atoms with Gasteiger partial charge in [0.05, 0.1) is 6.54 Å². The lowest BCUT2D eigenvalue weighted by atomic mass is 10.7. The van der Waals surface area contributed by atoms with Crippen LogP contribution in [-0.4, -0.2) is 19.1 Å². The van der Waals surface area contributed by atoms with E-state index in [4.69, 9.17) is 0 Å². The van der Waals surface area contributed by atoms with Gasteiger partial charge in [-0.1, -0.05) is 0 Å². The summed E-state index contributed by atoms with van der Waals surface area (Å²) in [4.78, 5) is 3.67. The van der Waals surface area contributed by atoms with Crippen LogP contribution in [-0.2, 0) is 0 Å². The van der Waals surface area contributed by atoms with Gasteiger partial charge < -0.3 is 0 Å². The average Bonchev–Trinajstić information content (AvgIpc) is 1.90. The van der Waals surface area contributed by atoms with Crippen LogP contribution < -0.4 is 0 Å². The normalized spacial score (nSPS) is 17.1. The molecule has 1 aliphatic heterocycles. The smallest absolute Gasteiger partial charge is 0.139 e. The molecule has 7 heavy (non-hydrogen) atoms. The Morgan fingerprint density at radius 1 is 1.43 bits per heavy atom. The number of nitrogens with zero attached hydrogens (tertiary/aromatic N) is 4. The summed E-state index contributed by atoms with van der Waals surface area (Å²) in [7, 11) is 0. The first-order valence-electron chi connectivity index (χ1n) is 1.90. The Morgan fingerprint density at radius 2 is 2.43 bits per heavy atom. The third-order valence-corrected chi connectivity index (χ3v) is 0.502. The van der Waals surface area contributed by atoms with E-state index in [9.17, 15) is 0 Å². The highest BCUT2D eigenvalue weighted by Crippen LogP contribution is 1.78. The predicted molar refractivity (Wildman–Crippen MR) is 26.7 cm³/mol. The van der Waals surface area contributed by atoms with Gasteiger partial charge in [0.15, 0.2) is 0 Å². The second-order valence-electron chi connectivity index (χ2n) is 0.976. The molecule has 0 saturated heterocycles. The quantitative estimate of drug-likeness (QED) is 0.421. The second kappa shape index (κ2) is 2.17. The van der Waals surface area contributed by atoms with E-state index in [0.29, 0.717) is 6.54 Å². The first-order valence-corrected chi connectivity index (χ1v) is 1.90. The number of aliphatic imine (C=N–C) groups is 1. The summed E-state index contributed by atoms with van der Waals surface area (Å²) in [5.74, 6) is 0. The van der Waals surface area contributed by atoms with Crippen molar-refractivity contribution >= 4 is 12.6 Å². The van der Waals surface area contributed by atoms with Gasteiger partial charge in [-0.3, -0.25) is 0 Å². The van der Waals surface area contributed by atoms with E-state index in [1.165, 1.54) is 6.34 Å². The molecule has 0 atom stereocenters. The minimum Gasteiger partial charge on any atom is -0.245 e. The summed E-state index contributed by atoms with van der Waals surface area (Å²) >= 11 is 0. The Bertz CT molecular complexity index is 109. The lowest BCUT2D eigenvalue weighted by molar-refractivity contribution is 1.00. The molecule has 1 heterocycles. The molecule has 0 saturated carbocycles. The molecule has 0 aliphatic carbocycles. The van der Waals surface area contributed by atoms with Gasteiger partial charge in [-0.25, -0.2) is 4.99 Å². The van der Waals surface area contributed by atoms with E-state index >= 15 is 0 Å². The lowest BCUT2D eigenvalue weighted by Gasteiger charge is -1.66.